The summed E-state index contributed by atoms with van der Waals surface area (Å²) in [6.45, 7) is 6.97. The van der Waals surface area contributed by atoms with Crippen molar-refractivity contribution in [3.8, 4) is 5.75 Å². The van der Waals surface area contributed by atoms with Crippen LogP contribution in [-0.4, -0.2) is 59.9 Å². The maximum atomic E-state index is 9.64. The van der Waals surface area contributed by atoms with Gasteiger partial charge < -0.3 is 15.2 Å². The maximum absolute atomic E-state index is 9.64. The molecule has 2 heterocycles. The van der Waals surface area contributed by atoms with Crippen LogP contribution in [0.4, 0.5) is 0 Å². The molecule has 0 amide bonds. The number of morpholine rings is 1. The van der Waals surface area contributed by atoms with Gasteiger partial charge in [0.05, 0.1) is 13.2 Å². The molecule has 0 unspecified atom stereocenters. The Bertz CT molecular complexity index is 485. The van der Waals surface area contributed by atoms with E-state index in [9.17, 15) is 5.11 Å². The minimum atomic E-state index is 0.246. The van der Waals surface area contributed by atoms with Crippen LogP contribution in [0.5, 0.6) is 5.75 Å². The third-order valence-electron chi connectivity index (χ3n) is 4.87. The molecule has 122 valence electrons. The van der Waals surface area contributed by atoms with E-state index in [4.69, 9.17) is 4.74 Å². The van der Waals surface area contributed by atoms with Crippen LogP contribution in [0.3, 0.4) is 0 Å². The summed E-state index contributed by atoms with van der Waals surface area (Å²) >= 11 is 2.06. The number of ether oxygens (including phenoxy) is 1. The van der Waals surface area contributed by atoms with E-state index in [1.54, 1.807) is 6.07 Å². The second-order valence-corrected chi connectivity index (χ2v) is 7.43. The SMILES string of the molecule is C[C@H](NC[C@]1(N2CCOCC2)CCSC1)c1cccc(O)c1. The number of thioether (sulfide) groups is 1. The Morgan fingerprint density at radius 2 is 2.23 bits per heavy atom. The number of aromatic hydroxyl groups is 1. The van der Waals surface area contributed by atoms with Crippen molar-refractivity contribution < 1.29 is 9.84 Å². The van der Waals surface area contributed by atoms with Crippen LogP contribution in [0.1, 0.15) is 24.9 Å². The number of benzene rings is 1. The lowest BCUT2D eigenvalue weighted by Crippen LogP contribution is -2.58. The number of hydrogen-bond donors (Lipinski definition) is 2. The van der Waals surface area contributed by atoms with E-state index in [0.717, 1.165) is 38.4 Å². The number of rotatable bonds is 5. The average molecular weight is 322 g/mol. The maximum Gasteiger partial charge on any atom is 0.115 e. The summed E-state index contributed by atoms with van der Waals surface area (Å²) < 4.78 is 5.52. The first-order chi connectivity index (χ1) is 10.7. The van der Waals surface area contributed by atoms with E-state index in [-0.39, 0.29) is 11.6 Å². The predicted octanol–water partition coefficient (Wildman–Crippen LogP) is 2.25. The fourth-order valence-electron chi connectivity index (χ4n) is 3.39. The quantitative estimate of drug-likeness (QED) is 0.870. The Balaban J connectivity index is 1.64. The minimum absolute atomic E-state index is 0.246. The molecule has 4 nitrogen and oxygen atoms in total. The standard InChI is InChI=1S/C17H26N2O2S/c1-14(15-3-2-4-16(20)11-15)18-12-17(5-10-22-13-17)19-6-8-21-9-7-19/h2-4,11,14,18,20H,5-10,12-13H2,1H3/t14-,17+/m0/s1. The molecule has 1 aromatic carbocycles. The van der Waals surface area contributed by atoms with Gasteiger partial charge in [-0.15, -0.1) is 0 Å². The van der Waals surface area contributed by atoms with Crippen molar-refractivity contribution in [2.45, 2.75) is 24.9 Å². The normalized spacial score (nSPS) is 27.9. The summed E-state index contributed by atoms with van der Waals surface area (Å²) in [5, 5.41) is 13.3. The molecule has 5 heteroatoms. The average Bonchev–Trinajstić information content (AvgIpc) is 3.04. The van der Waals surface area contributed by atoms with Crippen molar-refractivity contribution in [2.75, 3.05) is 44.4 Å². The molecule has 0 saturated carbocycles. The van der Waals surface area contributed by atoms with E-state index < -0.39 is 0 Å². The largest absolute Gasteiger partial charge is 0.508 e. The zero-order valence-corrected chi connectivity index (χ0v) is 14.1. The van der Waals surface area contributed by atoms with E-state index in [1.807, 2.05) is 12.1 Å². The molecule has 2 atom stereocenters. The van der Waals surface area contributed by atoms with Crippen LogP contribution in [0.25, 0.3) is 0 Å². The second-order valence-electron chi connectivity index (χ2n) is 6.32. The third kappa shape index (κ3) is 3.59. The van der Waals surface area contributed by atoms with Crippen LogP contribution in [-0.2, 0) is 4.74 Å². The van der Waals surface area contributed by atoms with Crippen LogP contribution >= 0.6 is 11.8 Å². The summed E-state index contributed by atoms with van der Waals surface area (Å²) in [7, 11) is 0. The highest BCUT2D eigenvalue weighted by molar-refractivity contribution is 7.99. The lowest BCUT2D eigenvalue weighted by molar-refractivity contribution is -0.0139. The highest BCUT2D eigenvalue weighted by Gasteiger charge is 2.40. The molecule has 0 spiro atoms. The minimum Gasteiger partial charge on any atom is -0.508 e. The van der Waals surface area contributed by atoms with Crippen LogP contribution in [0, 0.1) is 0 Å². The number of nitrogens with zero attached hydrogens (tertiary/aromatic N) is 1. The Morgan fingerprint density at radius 3 is 2.91 bits per heavy atom. The van der Waals surface area contributed by atoms with Crippen LogP contribution < -0.4 is 5.32 Å². The molecule has 0 radical (unpaired) electrons. The van der Waals surface area contributed by atoms with Gasteiger partial charge in [-0.1, -0.05) is 12.1 Å². The number of hydrogen-bond acceptors (Lipinski definition) is 5. The Labute approximate surface area is 137 Å². The molecule has 2 aliphatic rings. The molecular formula is C17H26N2O2S. The number of nitrogens with one attached hydrogen (secondary N) is 1. The van der Waals surface area contributed by atoms with Gasteiger partial charge in [-0.3, -0.25) is 4.90 Å². The van der Waals surface area contributed by atoms with E-state index in [2.05, 4.69) is 35.0 Å². The molecule has 2 aliphatic heterocycles. The van der Waals surface area contributed by atoms with Crippen molar-refractivity contribution in [3.05, 3.63) is 29.8 Å². The first-order valence-corrected chi connectivity index (χ1v) is 9.28. The molecule has 0 aromatic heterocycles. The van der Waals surface area contributed by atoms with E-state index >= 15 is 0 Å². The highest BCUT2D eigenvalue weighted by atomic mass is 32.2. The second kappa shape index (κ2) is 7.21. The lowest BCUT2D eigenvalue weighted by Gasteiger charge is -2.43. The van der Waals surface area contributed by atoms with Gasteiger partial charge in [0.15, 0.2) is 0 Å². The van der Waals surface area contributed by atoms with Crippen LogP contribution in [0.15, 0.2) is 24.3 Å². The summed E-state index contributed by atoms with van der Waals surface area (Å²) in [5.41, 5.74) is 1.40. The van der Waals surface area contributed by atoms with Gasteiger partial charge in [-0.25, -0.2) is 0 Å². The van der Waals surface area contributed by atoms with Gasteiger partial charge >= 0.3 is 0 Å². The van der Waals surface area contributed by atoms with E-state index in [1.165, 1.54) is 17.9 Å². The molecule has 3 rings (SSSR count). The number of phenols is 1. The summed E-state index contributed by atoms with van der Waals surface area (Å²) in [6.07, 6.45) is 1.25. The Kier molecular flexibility index (Phi) is 5.29. The van der Waals surface area contributed by atoms with E-state index in [0.29, 0.717) is 5.75 Å². The summed E-state index contributed by atoms with van der Waals surface area (Å²) in [4.78, 5) is 2.62. The van der Waals surface area contributed by atoms with Gasteiger partial charge in [0.2, 0.25) is 0 Å². The lowest BCUT2D eigenvalue weighted by atomic mass is 9.94. The van der Waals surface area contributed by atoms with Gasteiger partial charge in [0, 0.05) is 37.0 Å². The Hall–Kier alpha value is -0.750. The smallest absolute Gasteiger partial charge is 0.115 e. The fourth-order valence-corrected chi connectivity index (χ4v) is 4.87. The van der Waals surface area contributed by atoms with Gasteiger partial charge in [-0.05, 0) is 36.8 Å². The van der Waals surface area contributed by atoms with Crippen molar-refractivity contribution in [1.29, 1.82) is 0 Å². The molecular weight excluding hydrogens is 296 g/mol. The van der Waals surface area contributed by atoms with Gasteiger partial charge in [0.1, 0.15) is 5.75 Å². The summed E-state index contributed by atoms with van der Waals surface area (Å²) in [6, 6.07) is 7.80. The monoisotopic (exact) mass is 322 g/mol. The fraction of sp³-hybridized carbons (Fsp3) is 0.647. The molecule has 2 N–H and O–H groups in total. The Morgan fingerprint density at radius 1 is 1.41 bits per heavy atom. The highest BCUT2D eigenvalue weighted by Crippen LogP contribution is 2.34. The summed E-state index contributed by atoms with van der Waals surface area (Å²) in [5.74, 6) is 2.79. The molecule has 0 aliphatic carbocycles. The zero-order valence-electron chi connectivity index (χ0n) is 13.3. The molecule has 22 heavy (non-hydrogen) atoms. The van der Waals surface area contributed by atoms with Crippen LogP contribution in [0.2, 0.25) is 0 Å². The molecule has 2 saturated heterocycles. The first kappa shape index (κ1) is 16.1. The third-order valence-corrected chi connectivity index (χ3v) is 6.11. The van der Waals surface area contributed by atoms with Gasteiger partial charge in [0.25, 0.3) is 0 Å². The topological polar surface area (TPSA) is 44.7 Å². The van der Waals surface area contributed by atoms with Crippen molar-refractivity contribution >= 4 is 11.8 Å². The molecule has 2 fully saturated rings. The predicted molar refractivity (Wildman–Crippen MR) is 91.6 cm³/mol. The first-order valence-electron chi connectivity index (χ1n) is 8.12. The van der Waals surface area contributed by atoms with Crippen molar-refractivity contribution in [1.82, 2.24) is 10.2 Å². The molecule has 1 aromatic rings. The van der Waals surface area contributed by atoms with Crippen molar-refractivity contribution in [2.24, 2.45) is 0 Å². The van der Waals surface area contributed by atoms with Gasteiger partial charge in [-0.2, -0.15) is 11.8 Å². The zero-order chi connectivity index (χ0) is 15.4. The van der Waals surface area contributed by atoms with Crippen molar-refractivity contribution in [3.63, 3.8) is 0 Å². The number of phenolic OH excluding ortho intramolecular Hbond substituents is 1. The molecule has 0 bridgehead atoms.